The zero-order valence-corrected chi connectivity index (χ0v) is 9.41. The molecule has 1 aliphatic heterocycles. The topological polar surface area (TPSA) is 31.2 Å². The summed E-state index contributed by atoms with van der Waals surface area (Å²) in [7, 11) is 0. The van der Waals surface area contributed by atoms with Gasteiger partial charge in [0.25, 0.3) is 0 Å². The Labute approximate surface area is 84.3 Å². The molecule has 0 aromatic carbocycles. The number of carbonyl (C=O) groups is 1. The Balaban J connectivity index is 0.000000490. The fourth-order valence-electron chi connectivity index (χ4n) is 0.508. The van der Waals surface area contributed by atoms with E-state index in [2.05, 4.69) is 5.32 Å². The van der Waals surface area contributed by atoms with Crippen molar-refractivity contribution in [2.75, 3.05) is 0 Å². The largest absolute Gasteiger partial charge is 0.644 e. The minimum Gasteiger partial charge on any atom is -0.644 e. The number of carbonyl (C=O) groups excluding carboxylic acids is 1. The fourth-order valence-corrected chi connectivity index (χ4v) is 0.508. The quantitative estimate of drug-likeness (QED) is 0.650. The minimum atomic E-state index is -0.104. The first kappa shape index (κ1) is 8.65. The Morgan fingerprint density at radius 3 is 2.50 bits per heavy atom. The first-order valence-electron chi connectivity index (χ1n) is 2.22. The van der Waals surface area contributed by atoms with Crippen molar-refractivity contribution in [1.82, 2.24) is 0 Å². The molecule has 0 aliphatic carbocycles. The van der Waals surface area contributed by atoms with Gasteiger partial charge in [-0.1, -0.05) is 19.0 Å². The molecule has 0 spiro atoms. The van der Waals surface area contributed by atoms with E-state index in [1.165, 1.54) is 6.08 Å². The summed E-state index contributed by atoms with van der Waals surface area (Å²) in [6.07, 6.45) is 3.27. The van der Waals surface area contributed by atoms with Crippen molar-refractivity contribution in [3.05, 3.63) is 17.5 Å². The fraction of sp³-hybridized carbons (Fsp3) is 0.400. The van der Waals surface area contributed by atoms with Gasteiger partial charge in [-0.15, -0.1) is 0 Å². The van der Waals surface area contributed by atoms with Gasteiger partial charge >= 0.3 is 0 Å². The molecule has 2 nitrogen and oxygen atoms in total. The van der Waals surface area contributed by atoms with E-state index in [0.29, 0.717) is 0 Å². The third-order valence-electron chi connectivity index (χ3n) is 0.848. The molecule has 0 N–H and O–H groups in total. The SMILES string of the molecule is C[C@@H]1C=CC(=O)[N-]1.[Ac]. The molecule has 0 aromatic heterocycles. The Bertz CT molecular complexity index is 122. The van der Waals surface area contributed by atoms with Crippen LogP contribution in [0.5, 0.6) is 0 Å². The predicted molar refractivity (Wildman–Crippen MR) is 27.0 cm³/mol. The number of rotatable bonds is 0. The van der Waals surface area contributed by atoms with Gasteiger partial charge in [-0.3, -0.25) is 0 Å². The number of hydrogen-bond donors (Lipinski definition) is 0. The van der Waals surface area contributed by atoms with E-state index in [1.807, 2.05) is 6.92 Å². The van der Waals surface area contributed by atoms with Gasteiger partial charge in [0.05, 0.1) is 5.91 Å². The summed E-state index contributed by atoms with van der Waals surface area (Å²) in [6.45, 7) is 1.88. The Morgan fingerprint density at radius 2 is 2.38 bits per heavy atom. The van der Waals surface area contributed by atoms with Gasteiger partial charge in [0.2, 0.25) is 0 Å². The van der Waals surface area contributed by atoms with Crippen LogP contribution in [0, 0.1) is 44.1 Å². The molecule has 1 heterocycles. The zero-order valence-electron chi connectivity index (χ0n) is 4.66. The van der Waals surface area contributed by atoms with Crippen LogP contribution in [0.25, 0.3) is 5.32 Å². The molecule has 0 saturated carbocycles. The maximum Gasteiger partial charge on any atom is 0.0746 e. The summed E-state index contributed by atoms with van der Waals surface area (Å²) in [5, 5.41) is 3.64. The number of nitrogens with zero attached hydrogens (tertiary/aromatic N) is 1. The second-order valence-corrected chi connectivity index (χ2v) is 1.57. The second kappa shape index (κ2) is 3.63. The van der Waals surface area contributed by atoms with Crippen LogP contribution >= 0.6 is 0 Å². The summed E-state index contributed by atoms with van der Waals surface area (Å²) in [6, 6.07) is 0.118. The third kappa shape index (κ3) is 2.28. The normalized spacial score (nSPS) is 24.6. The minimum absolute atomic E-state index is 0. The van der Waals surface area contributed by atoms with Crippen LogP contribution in [-0.2, 0) is 4.79 Å². The summed E-state index contributed by atoms with van der Waals surface area (Å²) in [5.74, 6) is -0.104. The van der Waals surface area contributed by atoms with Crippen LogP contribution in [-0.4, -0.2) is 11.9 Å². The second-order valence-electron chi connectivity index (χ2n) is 1.57. The van der Waals surface area contributed by atoms with E-state index in [-0.39, 0.29) is 56.0 Å². The van der Waals surface area contributed by atoms with Crippen LogP contribution in [0.4, 0.5) is 0 Å². The average molecular weight is 323 g/mol. The molecule has 1 amide bonds. The van der Waals surface area contributed by atoms with Crippen molar-refractivity contribution >= 4 is 5.91 Å². The van der Waals surface area contributed by atoms with E-state index in [4.69, 9.17) is 0 Å². The smallest absolute Gasteiger partial charge is 0.0746 e. The van der Waals surface area contributed by atoms with Crippen molar-refractivity contribution in [2.45, 2.75) is 13.0 Å². The molecular weight excluding hydrogens is 317 g/mol. The van der Waals surface area contributed by atoms with Crippen LogP contribution in [0.1, 0.15) is 6.92 Å². The Hall–Kier alpha value is 0.652. The van der Waals surface area contributed by atoms with Crippen molar-refractivity contribution in [3.63, 3.8) is 0 Å². The maximum absolute atomic E-state index is 10.2. The van der Waals surface area contributed by atoms with Gasteiger partial charge in [0, 0.05) is 44.1 Å². The molecule has 0 aromatic rings. The van der Waals surface area contributed by atoms with Crippen LogP contribution < -0.4 is 0 Å². The van der Waals surface area contributed by atoms with Crippen molar-refractivity contribution in [3.8, 4) is 0 Å². The first-order chi connectivity index (χ1) is 3.29. The Morgan fingerprint density at radius 1 is 1.75 bits per heavy atom. The van der Waals surface area contributed by atoms with Crippen LogP contribution in [0.2, 0.25) is 0 Å². The third-order valence-corrected chi connectivity index (χ3v) is 0.848. The van der Waals surface area contributed by atoms with Crippen molar-refractivity contribution < 1.29 is 48.9 Å². The monoisotopic (exact) mass is 323 g/mol. The molecule has 1 aliphatic rings. The zero-order chi connectivity index (χ0) is 5.28. The molecule has 41 valence electrons. The molecule has 0 fully saturated rings. The van der Waals surface area contributed by atoms with Gasteiger partial charge in [-0.2, -0.15) is 0 Å². The van der Waals surface area contributed by atoms with E-state index < -0.39 is 0 Å². The van der Waals surface area contributed by atoms with E-state index in [1.54, 1.807) is 6.08 Å². The van der Waals surface area contributed by atoms with Gasteiger partial charge in [0.1, 0.15) is 0 Å². The molecule has 0 bridgehead atoms. The predicted octanol–water partition coefficient (Wildman–Crippen LogP) is 0.845. The van der Waals surface area contributed by atoms with Gasteiger partial charge in [-0.25, -0.2) is 0 Å². The number of amides is 1. The van der Waals surface area contributed by atoms with Crippen molar-refractivity contribution in [2.24, 2.45) is 0 Å². The first-order valence-corrected chi connectivity index (χ1v) is 2.22. The summed E-state index contributed by atoms with van der Waals surface area (Å²) in [4.78, 5) is 10.2. The van der Waals surface area contributed by atoms with E-state index in [0.717, 1.165) is 0 Å². The van der Waals surface area contributed by atoms with Crippen molar-refractivity contribution in [1.29, 1.82) is 0 Å². The molecule has 8 heavy (non-hydrogen) atoms. The van der Waals surface area contributed by atoms with Gasteiger partial charge in [0.15, 0.2) is 0 Å². The molecule has 0 saturated heterocycles. The standard InChI is InChI=1S/C5H7NO.Ac/c1-4-2-3-5(7)6-4;/h2-4H,1H3,(H,6,7);/p-1/t4-;/m1./s1. The van der Waals surface area contributed by atoms with Gasteiger partial charge in [-0.05, 0) is 6.08 Å². The summed E-state index contributed by atoms with van der Waals surface area (Å²) < 4.78 is 0. The van der Waals surface area contributed by atoms with Crippen LogP contribution in [0.15, 0.2) is 12.2 Å². The summed E-state index contributed by atoms with van der Waals surface area (Å²) in [5.41, 5.74) is 0. The van der Waals surface area contributed by atoms with Gasteiger partial charge < -0.3 is 10.1 Å². The maximum atomic E-state index is 10.2. The molecular formula is C5H6AcNO-. The van der Waals surface area contributed by atoms with Crippen LogP contribution in [0.3, 0.4) is 0 Å². The molecule has 1 atom stereocenters. The number of hydrogen-bond acceptors (Lipinski definition) is 1. The average Bonchev–Trinajstić information content (AvgIpc) is 1.87. The molecule has 3 heteroatoms. The summed E-state index contributed by atoms with van der Waals surface area (Å²) >= 11 is 0. The molecule has 0 unspecified atom stereocenters. The van der Waals surface area contributed by atoms with E-state index in [9.17, 15) is 4.79 Å². The van der Waals surface area contributed by atoms with E-state index >= 15 is 0 Å². The Kier molecular flexibility index (Phi) is 3.93. The molecule has 1 rings (SSSR count). The molecule has 1 radical (unpaired) electrons.